The second-order valence-corrected chi connectivity index (χ2v) is 8.62. The summed E-state index contributed by atoms with van der Waals surface area (Å²) >= 11 is 6.35. The van der Waals surface area contributed by atoms with Crippen molar-refractivity contribution in [2.45, 2.75) is 18.9 Å². The maximum Gasteiger partial charge on any atom is 0.272 e. The van der Waals surface area contributed by atoms with Gasteiger partial charge in [0.2, 0.25) is 0 Å². The molecule has 4 aromatic rings. The first kappa shape index (κ1) is 21.4. The maximum atomic E-state index is 12.9. The number of carbonyl (C=O) groups excluding carboxylic acids is 1. The molecular weight excluding hydrogens is 436 g/mol. The van der Waals surface area contributed by atoms with Crippen LogP contribution in [0.15, 0.2) is 72.8 Å². The molecule has 0 bridgehead atoms. The largest absolute Gasteiger partial charge is 0.457 e. The Kier molecular flexibility index (Phi) is 6.19. The zero-order valence-corrected chi connectivity index (χ0v) is 18.8. The number of halogens is 1. The number of amides is 1. The molecule has 5 rings (SSSR count). The maximum absolute atomic E-state index is 12.9. The average Bonchev–Trinajstić information content (AvgIpc) is 3.26. The van der Waals surface area contributed by atoms with Gasteiger partial charge in [0.15, 0.2) is 0 Å². The SMILES string of the molecule is O=C(Nc1ccc(Oc2ccccc2)cc1)c1cc2cc(Cl)cc(NC3CCCNC3)c2[nH]1. The van der Waals surface area contributed by atoms with Crippen LogP contribution < -0.4 is 20.7 Å². The van der Waals surface area contributed by atoms with Gasteiger partial charge in [0.25, 0.3) is 5.91 Å². The van der Waals surface area contributed by atoms with Crippen LogP contribution in [0.4, 0.5) is 11.4 Å². The molecule has 2 heterocycles. The quantitative estimate of drug-likeness (QED) is 0.283. The van der Waals surface area contributed by atoms with Crippen LogP contribution in [-0.4, -0.2) is 30.0 Å². The number of aromatic amines is 1. The third-order valence-corrected chi connectivity index (χ3v) is 5.90. The molecule has 7 heteroatoms. The van der Waals surface area contributed by atoms with Crippen molar-refractivity contribution < 1.29 is 9.53 Å². The number of H-pyrrole nitrogens is 1. The molecule has 1 aromatic heterocycles. The molecule has 1 atom stereocenters. The predicted molar refractivity (Wildman–Crippen MR) is 134 cm³/mol. The van der Waals surface area contributed by atoms with Crippen LogP contribution >= 0.6 is 11.6 Å². The highest BCUT2D eigenvalue weighted by Gasteiger charge is 2.17. The molecule has 168 valence electrons. The number of aromatic nitrogens is 1. The number of fused-ring (bicyclic) bond motifs is 1. The lowest BCUT2D eigenvalue weighted by atomic mass is 10.1. The van der Waals surface area contributed by atoms with Gasteiger partial charge in [-0.15, -0.1) is 0 Å². The van der Waals surface area contributed by atoms with E-state index in [9.17, 15) is 4.79 Å². The molecule has 1 aliphatic heterocycles. The highest BCUT2D eigenvalue weighted by atomic mass is 35.5. The summed E-state index contributed by atoms with van der Waals surface area (Å²) < 4.78 is 5.81. The van der Waals surface area contributed by atoms with Crippen molar-refractivity contribution in [3.63, 3.8) is 0 Å². The Labute approximate surface area is 197 Å². The van der Waals surface area contributed by atoms with E-state index in [4.69, 9.17) is 16.3 Å². The van der Waals surface area contributed by atoms with Crippen molar-refractivity contribution in [3.05, 3.63) is 83.5 Å². The molecule has 0 radical (unpaired) electrons. The Balaban J connectivity index is 1.30. The van der Waals surface area contributed by atoms with Gasteiger partial charge in [-0.05, 0) is 74.0 Å². The number of benzene rings is 3. The fraction of sp³-hybridized carbons (Fsp3) is 0.192. The Morgan fingerprint density at radius 2 is 1.79 bits per heavy atom. The number of nitrogens with one attached hydrogen (secondary N) is 4. The fourth-order valence-electron chi connectivity index (χ4n) is 4.07. The zero-order valence-electron chi connectivity index (χ0n) is 18.0. The highest BCUT2D eigenvalue weighted by Crippen LogP contribution is 2.30. The zero-order chi connectivity index (χ0) is 22.6. The molecule has 1 unspecified atom stereocenters. The fourth-order valence-corrected chi connectivity index (χ4v) is 4.29. The molecule has 33 heavy (non-hydrogen) atoms. The normalized spacial score (nSPS) is 15.8. The molecule has 1 aliphatic rings. The summed E-state index contributed by atoms with van der Waals surface area (Å²) in [6, 6.07) is 22.8. The van der Waals surface area contributed by atoms with Crippen molar-refractivity contribution in [2.75, 3.05) is 23.7 Å². The van der Waals surface area contributed by atoms with Gasteiger partial charge in [-0.3, -0.25) is 4.79 Å². The van der Waals surface area contributed by atoms with Crippen LogP contribution in [-0.2, 0) is 0 Å². The van der Waals surface area contributed by atoms with E-state index in [0.29, 0.717) is 28.2 Å². The lowest BCUT2D eigenvalue weighted by molar-refractivity contribution is 0.102. The summed E-state index contributed by atoms with van der Waals surface area (Å²) in [5.41, 5.74) is 2.94. The topological polar surface area (TPSA) is 78.2 Å². The van der Waals surface area contributed by atoms with E-state index < -0.39 is 0 Å². The number of hydrogen-bond acceptors (Lipinski definition) is 4. The summed E-state index contributed by atoms with van der Waals surface area (Å²) in [5, 5.41) is 11.4. The number of rotatable bonds is 6. The summed E-state index contributed by atoms with van der Waals surface area (Å²) in [6.07, 6.45) is 2.23. The van der Waals surface area contributed by atoms with Crippen LogP contribution in [0.1, 0.15) is 23.3 Å². The van der Waals surface area contributed by atoms with Gasteiger partial charge in [0.1, 0.15) is 17.2 Å². The van der Waals surface area contributed by atoms with Gasteiger partial charge < -0.3 is 25.7 Å². The van der Waals surface area contributed by atoms with Crippen molar-refractivity contribution in [1.29, 1.82) is 0 Å². The third-order valence-electron chi connectivity index (χ3n) is 5.69. The second kappa shape index (κ2) is 9.57. The van der Waals surface area contributed by atoms with E-state index in [2.05, 4.69) is 20.9 Å². The van der Waals surface area contributed by atoms with E-state index in [1.54, 1.807) is 0 Å². The van der Waals surface area contributed by atoms with Crippen LogP contribution in [0.5, 0.6) is 11.5 Å². The van der Waals surface area contributed by atoms with Gasteiger partial charge in [0, 0.05) is 28.7 Å². The summed E-state index contributed by atoms with van der Waals surface area (Å²) in [7, 11) is 0. The van der Waals surface area contributed by atoms with E-state index in [0.717, 1.165) is 48.3 Å². The minimum atomic E-state index is -0.218. The molecule has 0 saturated carbocycles. The van der Waals surface area contributed by atoms with Gasteiger partial charge in [-0.25, -0.2) is 0 Å². The Morgan fingerprint density at radius 3 is 2.55 bits per heavy atom. The summed E-state index contributed by atoms with van der Waals surface area (Å²) in [6.45, 7) is 1.96. The standard InChI is InChI=1S/C26H25ClN4O2/c27-18-13-17-14-24(31-25(17)23(15-18)29-20-5-4-12-28-16-20)26(32)30-19-8-10-22(11-9-19)33-21-6-2-1-3-7-21/h1-3,6-11,13-15,20,28-29,31H,4-5,12,16H2,(H,30,32). The molecule has 0 aliphatic carbocycles. The molecule has 4 N–H and O–H groups in total. The molecule has 0 spiro atoms. The lowest BCUT2D eigenvalue weighted by Crippen LogP contribution is -2.38. The van der Waals surface area contributed by atoms with Crippen LogP contribution in [0.2, 0.25) is 5.02 Å². The number of anilines is 2. The third kappa shape index (κ3) is 5.13. The number of piperidine rings is 1. The predicted octanol–water partition coefficient (Wildman–Crippen LogP) is 6.03. The molecule has 6 nitrogen and oxygen atoms in total. The van der Waals surface area contributed by atoms with Gasteiger partial charge in [0.05, 0.1) is 11.2 Å². The van der Waals surface area contributed by atoms with Crippen molar-refractivity contribution in [3.8, 4) is 11.5 Å². The van der Waals surface area contributed by atoms with Crippen LogP contribution in [0, 0.1) is 0 Å². The molecule has 1 amide bonds. The van der Waals surface area contributed by atoms with Gasteiger partial charge in [-0.2, -0.15) is 0 Å². The first-order valence-electron chi connectivity index (χ1n) is 11.1. The van der Waals surface area contributed by atoms with Crippen molar-refractivity contribution in [2.24, 2.45) is 0 Å². The van der Waals surface area contributed by atoms with Crippen molar-refractivity contribution >= 4 is 39.8 Å². The average molecular weight is 461 g/mol. The number of ether oxygens (including phenoxy) is 1. The van der Waals surface area contributed by atoms with E-state index in [-0.39, 0.29) is 5.91 Å². The van der Waals surface area contributed by atoms with E-state index >= 15 is 0 Å². The first-order valence-corrected chi connectivity index (χ1v) is 11.5. The first-order chi connectivity index (χ1) is 16.1. The molecule has 3 aromatic carbocycles. The smallest absolute Gasteiger partial charge is 0.272 e. The minimum absolute atomic E-state index is 0.218. The van der Waals surface area contributed by atoms with E-state index in [1.165, 1.54) is 0 Å². The summed E-state index contributed by atoms with van der Waals surface area (Å²) in [5.74, 6) is 1.25. The minimum Gasteiger partial charge on any atom is -0.457 e. The Morgan fingerprint density at radius 1 is 1.00 bits per heavy atom. The number of carbonyl (C=O) groups is 1. The van der Waals surface area contributed by atoms with Crippen molar-refractivity contribution in [1.82, 2.24) is 10.3 Å². The monoisotopic (exact) mass is 460 g/mol. The second-order valence-electron chi connectivity index (χ2n) is 8.18. The summed E-state index contributed by atoms with van der Waals surface area (Å²) in [4.78, 5) is 16.2. The lowest BCUT2D eigenvalue weighted by Gasteiger charge is -2.25. The molecular formula is C26H25ClN4O2. The van der Waals surface area contributed by atoms with Gasteiger partial charge >= 0.3 is 0 Å². The number of para-hydroxylation sites is 1. The van der Waals surface area contributed by atoms with Crippen LogP contribution in [0.3, 0.4) is 0 Å². The molecule has 1 saturated heterocycles. The highest BCUT2D eigenvalue weighted by molar-refractivity contribution is 6.32. The Hall–Kier alpha value is -3.48. The van der Waals surface area contributed by atoms with E-state index in [1.807, 2.05) is 72.8 Å². The van der Waals surface area contributed by atoms with Gasteiger partial charge in [-0.1, -0.05) is 29.8 Å². The van der Waals surface area contributed by atoms with Crippen LogP contribution in [0.25, 0.3) is 10.9 Å². The Bertz CT molecular complexity index is 1250. The molecule has 1 fully saturated rings. The number of hydrogen-bond donors (Lipinski definition) is 4.